The van der Waals surface area contributed by atoms with Gasteiger partial charge in [0.2, 0.25) is 0 Å². The Labute approximate surface area is 200 Å². The summed E-state index contributed by atoms with van der Waals surface area (Å²) in [6.07, 6.45) is 0.750. The summed E-state index contributed by atoms with van der Waals surface area (Å²) in [5.74, 6) is 0. The van der Waals surface area contributed by atoms with E-state index in [9.17, 15) is 13.2 Å². The molecule has 160 valence electrons. The van der Waals surface area contributed by atoms with E-state index < -0.39 is 99.1 Å². The van der Waals surface area contributed by atoms with Crippen molar-refractivity contribution in [1.82, 2.24) is 0 Å². The van der Waals surface area contributed by atoms with Gasteiger partial charge in [0, 0.05) is 0 Å². The van der Waals surface area contributed by atoms with E-state index in [1.165, 1.54) is 0 Å². The Morgan fingerprint density at radius 1 is 0.536 bits per heavy atom. The number of phosphoric acid groups is 2. The third-order valence-electron chi connectivity index (χ3n) is 0. The van der Waals surface area contributed by atoms with Crippen molar-refractivity contribution >= 4 is 15.6 Å². The van der Waals surface area contributed by atoms with Gasteiger partial charge in [-0.1, -0.05) is 19.7 Å². The second-order valence-corrected chi connectivity index (χ2v) is 5.48. The summed E-state index contributed by atoms with van der Waals surface area (Å²) in [5.41, 5.74) is 0. The van der Waals surface area contributed by atoms with E-state index in [2.05, 4.69) is 19.7 Å². The van der Waals surface area contributed by atoms with Crippen LogP contribution in [-0.4, -0.2) is 0 Å². The molecule has 0 bridgehead atoms. The van der Waals surface area contributed by atoms with Crippen molar-refractivity contribution in [3.05, 3.63) is 38.7 Å². The average Bonchev–Trinajstić information content (AvgIpc) is 2.39. The van der Waals surface area contributed by atoms with Crippen LogP contribution in [0.25, 0.3) is 0 Å². The van der Waals surface area contributed by atoms with Crippen LogP contribution in [0, 0.1) is 83.5 Å². The molecule has 14 nitrogen and oxygen atoms in total. The molecule has 0 heterocycles. The molecule has 0 fully saturated rings. The van der Waals surface area contributed by atoms with E-state index in [0.717, 1.165) is 0 Å². The van der Waals surface area contributed by atoms with Crippen LogP contribution >= 0.6 is 15.6 Å². The van der Waals surface area contributed by atoms with E-state index in [0.29, 0.717) is 0 Å². The molecular formula is C6H9F3O14P2U3. The minimum absolute atomic E-state index is 0.250. The molecule has 0 saturated heterocycles. The summed E-state index contributed by atoms with van der Waals surface area (Å²) in [6.45, 7) is 8.08. The molecule has 0 unspecified atom stereocenters. The van der Waals surface area contributed by atoms with Crippen LogP contribution in [0.15, 0.2) is 38.7 Å². The van der Waals surface area contributed by atoms with Gasteiger partial charge in [0.1, 0.15) is 0 Å². The summed E-state index contributed by atoms with van der Waals surface area (Å²) in [5, 5.41) is 0. The Kier molecular flexibility index (Phi) is 104. The molecule has 0 atom stereocenters. The molecule has 0 aliphatic carbocycles. The molecule has 28 heavy (non-hydrogen) atoms. The van der Waals surface area contributed by atoms with Crippen molar-refractivity contribution in [2.45, 2.75) is 0 Å². The molecule has 0 spiro atoms. The predicted molar refractivity (Wildman–Crippen MR) is 53.2 cm³/mol. The van der Waals surface area contributed by atoms with E-state index in [-0.39, 0.29) is 19.0 Å². The first-order valence-corrected chi connectivity index (χ1v) is 17.7. The van der Waals surface area contributed by atoms with Crippen molar-refractivity contribution < 1.29 is 149 Å². The van der Waals surface area contributed by atoms with E-state index in [1.807, 2.05) is 0 Å². The van der Waals surface area contributed by atoms with Crippen molar-refractivity contribution in [3.8, 4) is 0 Å². The number of rotatable bonds is 0. The Hall–Kier alpha value is 1.19. The van der Waals surface area contributed by atoms with Crippen LogP contribution in [0.3, 0.4) is 0 Å². The topological polar surface area (TPSA) is 275 Å². The fraction of sp³-hybridized carbons (Fsp3) is 0. The molecular weight excluding hydrogens is 1130 g/mol. The predicted octanol–water partition coefficient (Wildman–Crippen LogP) is -3.06. The van der Waals surface area contributed by atoms with Crippen molar-refractivity contribution in [3.63, 3.8) is 0 Å². The molecule has 0 N–H and O–H groups in total. The molecule has 0 aromatic heterocycles. The molecule has 22 heteroatoms. The summed E-state index contributed by atoms with van der Waals surface area (Å²) in [6, 6.07) is 0. The molecule has 0 saturated carbocycles. The average molecular weight is 1140 g/mol. The Bertz CT molecular complexity index is 437. The summed E-state index contributed by atoms with van der Waals surface area (Å²) in [4.78, 5) is 51.3. The number of hydrogen-bond acceptors (Lipinski definition) is 14. The van der Waals surface area contributed by atoms with Crippen LogP contribution in [0.2, 0.25) is 0 Å². The Morgan fingerprint density at radius 3 is 0.536 bits per heavy atom. The van der Waals surface area contributed by atoms with Gasteiger partial charge in [-0.2, -0.15) is 15.6 Å². The van der Waals surface area contributed by atoms with Crippen molar-refractivity contribution in [2.24, 2.45) is 0 Å². The van der Waals surface area contributed by atoms with E-state index in [1.54, 1.807) is 0 Å². The van der Waals surface area contributed by atoms with Gasteiger partial charge in [-0.15, -0.1) is 0 Å². The van der Waals surface area contributed by atoms with Gasteiger partial charge in [0.25, 0.3) is 0 Å². The van der Waals surface area contributed by atoms with E-state index >= 15 is 0 Å². The Morgan fingerprint density at radius 2 is 0.536 bits per heavy atom. The van der Waals surface area contributed by atoms with Gasteiger partial charge in [-0.25, -0.2) is 13.2 Å². The minimum atomic E-state index is -5.39. The summed E-state index contributed by atoms with van der Waals surface area (Å²) >= 11 is -7.52. The van der Waals surface area contributed by atoms with Crippen LogP contribution in [0.1, 0.15) is 0 Å². The van der Waals surface area contributed by atoms with Crippen molar-refractivity contribution in [2.75, 3.05) is 0 Å². The van der Waals surface area contributed by atoms with Crippen molar-refractivity contribution in [1.29, 1.82) is 0 Å². The first kappa shape index (κ1) is 51.7. The zero-order valence-corrected chi connectivity index (χ0v) is 27.4. The molecule has 0 aromatic rings. The standard InChI is InChI=1S/3C2H3F.2H3O4P.6O.3U/c3*1-2-3;2*1-5(2,3)4;;;;;;;;;/h3*2H,1H2;2*(H3,1,2,3,4);;;;;;;;;/q;;;;;;;;;;;3*+2/p-6. The van der Waals surface area contributed by atoms with Gasteiger partial charge >= 0.3 is 96.9 Å². The van der Waals surface area contributed by atoms with Crippen LogP contribution < -0.4 is 29.4 Å². The first-order valence-electron chi connectivity index (χ1n) is 4.56. The second kappa shape index (κ2) is 56.6. The fourth-order valence-corrected chi connectivity index (χ4v) is 0. The quantitative estimate of drug-likeness (QED) is 0.218. The van der Waals surface area contributed by atoms with Gasteiger partial charge in [-0.3, -0.25) is 0 Å². The van der Waals surface area contributed by atoms with Gasteiger partial charge in [-0.05, 0) is 0 Å². The SMILES string of the molecule is C=CF.C=CF.C=CF.O=P([O-])([O-])[O-].O=P([O-])([O-])[O-].[O]=[U+2]=[O].[O]=[U+2]=[O].[O]=[U+2]=[O]. The Balaban J connectivity index is -0.0000000276. The maximum absolute atomic E-state index is 10.1. The van der Waals surface area contributed by atoms with Crippen LogP contribution in [0.4, 0.5) is 13.2 Å². The zero-order valence-electron chi connectivity index (χ0n) is 13.1. The van der Waals surface area contributed by atoms with Crippen LogP contribution in [-0.2, 0) is 22.5 Å². The molecule has 0 radical (unpaired) electrons. The monoisotopic (exact) mass is 1140 g/mol. The van der Waals surface area contributed by atoms with E-state index in [4.69, 9.17) is 51.9 Å². The second-order valence-electron chi connectivity index (χ2n) is 1.61. The first-order chi connectivity index (χ1) is 12.5. The van der Waals surface area contributed by atoms with Gasteiger partial charge in [0.15, 0.2) is 0 Å². The molecule has 0 aliphatic rings. The summed E-state index contributed by atoms with van der Waals surface area (Å²) < 4.78 is 98.8. The fourth-order valence-electron chi connectivity index (χ4n) is 0. The third-order valence-corrected chi connectivity index (χ3v) is 0. The third kappa shape index (κ3) is 13300. The number of halogens is 3. The summed E-state index contributed by atoms with van der Waals surface area (Å²) in [7, 11) is -10.8. The van der Waals surface area contributed by atoms with Gasteiger partial charge in [0.05, 0.1) is 19.0 Å². The zero-order chi connectivity index (χ0) is 25.2. The molecule has 0 aliphatic heterocycles. The molecule has 0 aromatic carbocycles. The number of hydrogen-bond donors (Lipinski definition) is 0. The van der Waals surface area contributed by atoms with Crippen LogP contribution in [0.5, 0.6) is 0 Å². The molecule has 0 amide bonds. The maximum atomic E-state index is 10.1. The normalized spacial score (nSPS) is 6.46. The van der Waals surface area contributed by atoms with Gasteiger partial charge < -0.3 is 38.5 Å². The molecule has 0 rings (SSSR count).